The van der Waals surface area contributed by atoms with Crippen molar-refractivity contribution in [1.29, 1.82) is 5.26 Å². The second kappa shape index (κ2) is 9.11. The van der Waals surface area contributed by atoms with Gasteiger partial charge < -0.3 is 14.9 Å². The van der Waals surface area contributed by atoms with Crippen molar-refractivity contribution in [2.45, 2.75) is 11.5 Å². The Labute approximate surface area is 222 Å². The predicted molar refractivity (Wildman–Crippen MR) is 139 cm³/mol. The van der Waals surface area contributed by atoms with Crippen LogP contribution in [-0.4, -0.2) is 53.6 Å². The number of nitriles is 1. The Hall–Kier alpha value is -4.06. The molecule has 2 saturated heterocycles. The average Bonchev–Trinajstić information content (AvgIpc) is 3.37. The molecule has 3 amide bonds. The molecular formula is C27H20Cl2N4O4. The van der Waals surface area contributed by atoms with Gasteiger partial charge in [0.1, 0.15) is 5.54 Å². The average molecular weight is 535 g/mol. The molecule has 5 rings (SSSR count). The maximum absolute atomic E-state index is 14.2. The minimum atomic E-state index is -1.27. The Bertz CT molecular complexity index is 1450. The largest absolute Gasteiger partial charge is 0.478 e. The number of carbonyl (C=O) groups excluding carboxylic acids is 2. The number of hydrogen-bond donors (Lipinski definition) is 1. The van der Waals surface area contributed by atoms with Gasteiger partial charge in [-0.2, -0.15) is 5.26 Å². The lowest BCUT2D eigenvalue weighted by Gasteiger charge is -2.33. The number of nitrogens with zero attached hydrogens (tertiary/aromatic N) is 4. The second-order valence-corrected chi connectivity index (χ2v) is 9.93. The number of anilines is 2. The third-order valence-corrected chi connectivity index (χ3v) is 7.53. The third-order valence-electron chi connectivity index (χ3n) is 7.09. The molecule has 2 aliphatic heterocycles. The van der Waals surface area contributed by atoms with Gasteiger partial charge in [0.25, 0.3) is 5.91 Å². The molecule has 3 aromatic rings. The number of amides is 3. The van der Waals surface area contributed by atoms with Crippen LogP contribution in [0.15, 0.2) is 66.7 Å². The highest BCUT2D eigenvalue weighted by molar-refractivity contribution is 6.36. The number of carboxylic acids is 1. The summed E-state index contributed by atoms with van der Waals surface area (Å²) < 4.78 is 0. The maximum atomic E-state index is 14.2. The molecule has 186 valence electrons. The minimum absolute atomic E-state index is 0.148. The molecule has 3 aromatic carbocycles. The fraction of sp³-hybridized carbons (Fsp3) is 0.185. The van der Waals surface area contributed by atoms with Crippen LogP contribution in [0.1, 0.15) is 27.4 Å². The number of imide groups is 1. The van der Waals surface area contributed by atoms with E-state index < -0.39 is 29.4 Å². The summed E-state index contributed by atoms with van der Waals surface area (Å²) in [7, 11) is 1.60. The molecule has 0 unspecified atom stereocenters. The van der Waals surface area contributed by atoms with Gasteiger partial charge in [0.05, 0.1) is 29.4 Å². The first-order chi connectivity index (χ1) is 17.6. The van der Waals surface area contributed by atoms with Gasteiger partial charge in [-0.05, 0) is 60.2 Å². The predicted octanol–water partition coefficient (Wildman–Crippen LogP) is 5.00. The van der Waals surface area contributed by atoms with Crippen molar-refractivity contribution in [3.8, 4) is 6.07 Å². The fourth-order valence-electron chi connectivity index (χ4n) is 5.22. The maximum Gasteiger partial charge on any atom is 0.335 e. The summed E-state index contributed by atoms with van der Waals surface area (Å²) in [4.78, 5) is 43.6. The number of urea groups is 1. The summed E-state index contributed by atoms with van der Waals surface area (Å²) in [5.74, 6) is -1.90. The Kier molecular flexibility index (Phi) is 6.06. The topological polar surface area (TPSA) is 105 Å². The zero-order valence-corrected chi connectivity index (χ0v) is 21.1. The zero-order valence-electron chi connectivity index (χ0n) is 19.6. The molecule has 2 aliphatic rings. The molecule has 37 heavy (non-hydrogen) atoms. The molecule has 1 spiro atoms. The van der Waals surface area contributed by atoms with Crippen LogP contribution in [0.3, 0.4) is 0 Å². The smallest absolute Gasteiger partial charge is 0.335 e. The lowest BCUT2D eigenvalue weighted by molar-refractivity contribution is -0.124. The highest BCUT2D eigenvalue weighted by Gasteiger charge is 2.64. The number of carboxylic acid groups (broad SMARTS) is 1. The van der Waals surface area contributed by atoms with Crippen molar-refractivity contribution in [2.24, 2.45) is 0 Å². The molecule has 8 nitrogen and oxygen atoms in total. The number of halogens is 2. The van der Waals surface area contributed by atoms with Crippen molar-refractivity contribution in [1.82, 2.24) is 4.90 Å². The van der Waals surface area contributed by atoms with Gasteiger partial charge in [0, 0.05) is 35.2 Å². The number of rotatable bonds is 4. The molecule has 0 aliphatic carbocycles. The van der Waals surface area contributed by atoms with E-state index >= 15 is 0 Å². The number of benzene rings is 3. The van der Waals surface area contributed by atoms with Crippen molar-refractivity contribution in [3.05, 3.63) is 93.5 Å². The molecule has 2 heterocycles. The van der Waals surface area contributed by atoms with Crippen LogP contribution >= 0.6 is 23.2 Å². The van der Waals surface area contributed by atoms with E-state index in [1.807, 2.05) is 4.90 Å². The number of carbonyl (C=O) groups is 3. The Morgan fingerprint density at radius 2 is 1.62 bits per heavy atom. The number of hydrogen-bond acceptors (Lipinski definition) is 5. The van der Waals surface area contributed by atoms with Crippen LogP contribution in [-0.2, 0) is 4.79 Å². The lowest BCUT2D eigenvalue weighted by Crippen LogP contribution is -2.53. The van der Waals surface area contributed by atoms with E-state index in [1.54, 1.807) is 43.4 Å². The summed E-state index contributed by atoms with van der Waals surface area (Å²) in [6.07, 6.45) is 0. The number of likely N-dealkylation sites (N-methyl/N-ethyl adjacent to an activating group) is 1. The lowest BCUT2D eigenvalue weighted by atomic mass is 9.80. The number of aromatic carboxylic acids is 1. The van der Waals surface area contributed by atoms with Gasteiger partial charge in [-0.1, -0.05) is 35.3 Å². The van der Waals surface area contributed by atoms with E-state index in [0.717, 1.165) is 16.2 Å². The SMILES string of the molecule is CN1C(=O)N(c2cc(Cl)cc(Cl)c2)C(=O)[C@]12CN(c1ccc(C(=O)O)cc1)C[C@@H]2c1ccc(C#N)cc1. The first-order valence-electron chi connectivity index (χ1n) is 11.3. The highest BCUT2D eigenvalue weighted by atomic mass is 35.5. The molecule has 0 bridgehead atoms. The van der Waals surface area contributed by atoms with E-state index in [2.05, 4.69) is 6.07 Å². The fourth-order valence-corrected chi connectivity index (χ4v) is 5.73. The van der Waals surface area contributed by atoms with Gasteiger partial charge in [-0.3, -0.25) is 4.79 Å². The van der Waals surface area contributed by atoms with E-state index in [-0.39, 0.29) is 17.8 Å². The van der Waals surface area contributed by atoms with Crippen molar-refractivity contribution >= 4 is 52.5 Å². The summed E-state index contributed by atoms with van der Waals surface area (Å²) in [6, 6.07) is 19.5. The van der Waals surface area contributed by atoms with E-state index in [1.165, 1.54) is 35.2 Å². The van der Waals surface area contributed by atoms with Crippen LogP contribution in [0.4, 0.5) is 16.2 Å². The van der Waals surface area contributed by atoms with Crippen molar-refractivity contribution in [3.63, 3.8) is 0 Å². The third kappa shape index (κ3) is 3.97. The molecule has 10 heteroatoms. The quantitative estimate of drug-likeness (QED) is 0.472. The molecule has 2 fully saturated rings. The highest BCUT2D eigenvalue weighted by Crippen LogP contribution is 2.47. The molecule has 1 N–H and O–H groups in total. The normalized spacial score (nSPS) is 21.1. The van der Waals surface area contributed by atoms with Gasteiger partial charge in [0.2, 0.25) is 0 Å². The standard InChI is InChI=1S/C27H20Cl2N4O4/c1-31-26(37)33(22-11-19(28)10-20(29)12-22)25(36)27(31)15-32(21-8-6-18(7-9-21)24(34)35)14-23(27)17-4-2-16(13-30)3-5-17/h2-12,23H,14-15H2,1H3,(H,34,35)/t23-,27-/m1/s1. The summed E-state index contributed by atoms with van der Waals surface area (Å²) in [5, 5.41) is 19.1. The second-order valence-electron chi connectivity index (χ2n) is 9.05. The summed E-state index contributed by atoms with van der Waals surface area (Å²) in [5.41, 5.74) is 1.15. The van der Waals surface area contributed by atoms with Gasteiger partial charge in [0.15, 0.2) is 0 Å². The van der Waals surface area contributed by atoms with Crippen molar-refractivity contribution < 1.29 is 19.5 Å². The van der Waals surface area contributed by atoms with E-state index in [9.17, 15) is 24.8 Å². The summed E-state index contributed by atoms with van der Waals surface area (Å²) in [6.45, 7) is 0.557. The van der Waals surface area contributed by atoms with Gasteiger partial charge >= 0.3 is 12.0 Å². The Morgan fingerprint density at radius 3 is 2.19 bits per heavy atom. The van der Waals surface area contributed by atoms with Gasteiger partial charge in [-0.15, -0.1) is 0 Å². The van der Waals surface area contributed by atoms with Crippen LogP contribution in [0.5, 0.6) is 0 Å². The molecular weight excluding hydrogens is 515 g/mol. The molecule has 0 saturated carbocycles. The molecule has 0 radical (unpaired) electrons. The minimum Gasteiger partial charge on any atom is -0.478 e. The Morgan fingerprint density at radius 1 is 1.00 bits per heavy atom. The monoisotopic (exact) mass is 534 g/mol. The van der Waals surface area contributed by atoms with Crippen LogP contribution < -0.4 is 9.80 Å². The van der Waals surface area contributed by atoms with Crippen molar-refractivity contribution in [2.75, 3.05) is 29.9 Å². The molecule has 0 aromatic heterocycles. The molecule has 2 atom stereocenters. The first kappa shape index (κ1) is 24.6. The van der Waals surface area contributed by atoms with Crippen LogP contribution in [0.2, 0.25) is 10.0 Å². The van der Waals surface area contributed by atoms with Crippen LogP contribution in [0.25, 0.3) is 0 Å². The van der Waals surface area contributed by atoms with E-state index in [4.69, 9.17) is 23.2 Å². The van der Waals surface area contributed by atoms with E-state index in [0.29, 0.717) is 22.2 Å². The van der Waals surface area contributed by atoms with Gasteiger partial charge in [-0.25, -0.2) is 14.5 Å². The Balaban J connectivity index is 1.61. The summed E-state index contributed by atoms with van der Waals surface area (Å²) >= 11 is 12.4. The zero-order chi connectivity index (χ0) is 26.5. The van der Waals surface area contributed by atoms with Crippen LogP contribution in [0, 0.1) is 11.3 Å². The first-order valence-corrected chi connectivity index (χ1v) is 12.1.